The standard InChI is InChI=1S/C27H26ClF2NO4S.C26H27ClF2N2O4S.2C25H23ClF2N2O4S/c1-17-2-7-20(15-31-17)36(32,33)13-10-24-21-16-35-26-23(30)9-8-22(29)25(26)27(21,11-12-34-24)14-18-3-5-19(28)6-4-18;1-16-13-30-23(31-16)15-36(32,33)11-8-22-19-14-35-25-21(29)7-6-20(28)24(25)26(19,9-10-34-22)12-17-2-4-18(27)5-3-17;26-17-3-1-16(2-4-17)13-25-8-11-33-21(7-12-35(31,32)22-14-29-9-10-30-22)18(25)15-34-24-20(28)6-5-19(27)23(24)25;26-17-5-3-16(4-6-17)14-25-10-12-33-21(9-13-35(31,32)22-2-1-11-29-30-22)18(25)15-34-24-20(28)8-7-19(27)23(24)25/h2-9,15,21,24,31H,1,10-14,16H2;2-7,19,22H,8-15H2,1H3;1-6,9-10,14,18,21H,7-8,11-13,15H2;1-8,11,18,21H,9-10,12-15H2/t21-,24-,27-;19-,22?,26-;2*18-,21-,25-/m0000/s1. The topological polar surface area (TPSA) is 299 Å². The van der Waals surface area contributed by atoms with Gasteiger partial charge in [-0.1, -0.05) is 102 Å². The minimum Gasteiger partial charge on any atom is -0.490 e. The van der Waals surface area contributed by atoms with E-state index in [0.29, 0.717) is 96.1 Å². The molecule has 0 amide bonds. The molecule has 10 aliphatic heterocycles. The minimum absolute atomic E-state index is 0.0686. The van der Waals surface area contributed by atoms with E-state index in [0.717, 1.165) is 76.5 Å². The summed E-state index contributed by atoms with van der Waals surface area (Å²) in [5.74, 6) is -7.12. The van der Waals surface area contributed by atoms with Gasteiger partial charge in [0.05, 0.1) is 91.5 Å². The number of ether oxygens (including phenoxy) is 8. The molecule has 4 saturated heterocycles. The zero-order valence-corrected chi connectivity index (χ0v) is 82.9. The molecule has 12 heterocycles. The van der Waals surface area contributed by atoms with E-state index in [2.05, 4.69) is 42.0 Å². The number of nitrogens with zero attached hydrogens (tertiary/aromatic N) is 6. The van der Waals surface area contributed by atoms with Crippen molar-refractivity contribution in [2.24, 2.45) is 33.7 Å². The molecule has 0 saturated carbocycles. The lowest BCUT2D eigenvalue weighted by Gasteiger charge is -2.51. The van der Waals surface area contributed by atoms with E-state index >= 15 is 17.6 Å². The van der Waals surface area contributed by atoms with Gasteiger partial charge in [-0.15, -0.1) is 5.10 Å². The maximum absolute atomic E-state index is 15.4. The molecule has 8 aromatic carbocycles. The molecule has 23 nitrogen and oxygen atoms in total. The van der Waals surface area contributed by atoms with Crippen LogP contribution in [0.15, 0.2) is 238 Å². The first-order chi connectivity index (χ1) is 68.0. The molecule has 10 aliphatic rings. The molecule has 12 atom stereocenters. The largest absolute Gasteiger partial charge is 0.490 e. The van der Waals surface area contributed by atoms with Gasteiger partial charge in [0.2, 0.25) is 0 Å². The predicted molar refractivity (Wildman–Crippen MR) is 520 cm³/mol. The van der Waals surface area contributed by atoms with Crippen molar-refractivity contribution in [2.75, 3.05) is 88.2 Å². The summed E-state index contributed by atoms with van der Waals surface area (Å²) in [6.45, 7) is 7.44. The van der Waals surface area contributed by atoms with Crippen molar-refractivity contribution in [3.05, 3.63) is 329 Å². The van der Waals surface area contributed by atoms with Crippen LogP contribution < -0.4 is 24.3 Å². The second-order valence-electron chi connectivity index (χ2n) is 37.0. The monoisotopic (exact) mass is 2110 g/mol. The first-order valence-corrected chi connectivity index (χ1v) is 54.5. The average Bonchev–Trinajstić information content (AvgIpc) is 1.42. The number of aliphatic imine (C=N–C) groups is 2. The number of benzene rings is 8. The third-order valence-electron chi connectivity index (χ3n) is 28.6. The zero-order chi connectivity index (χ0) is 100. The van der Waals surface area contributed by atoms with Crippen molar-refractivity contribution >= 4 is 97.3 Å². The van der Waals surface area contributed by atoms with Crippen LogP contribution in [0, 0.1) is 70.2 Å². The van der Waals surface area contributed by atoms with Crippen LogP contribution in [0.2, 0.25) is 20.1 Å². The summed E-state index contributed by atoms with van der Waals surface area (Å²) in [7, 11) is -14.5. The van der Waals surface area contributed by atoms with E-state index in [1.165, 1.54) is 49.2 Å². The van der Waals surface area contributed by atoms with Gasteiger partial charge in [0, 0.05) is 150 Å². The van der Waals surface area contributed by atoms with Gasteiger partial charge in [0.1, 0.15) is 34.9 Å². The van der Waals surface area contributed by atoms with Gasteiger partial charge < -0.3 is 43.2 Å². The average molecular weight is 2110 g/mol. The highest BCUT2D eigenvalue weighted by molar-refractivity contribution is 7.95. The van der Waals surface area contributed by atoms with Gasteiger partial charge in [0.25, 0.3) is 0 Å². The number of allylic oxidation sites excluding steroid dienone is 2. The van der Waals surface area contributed by atoms with Crippen molar-refractivity contribution in [1.29, 1.82) is 0 Å². The molecule has 0 aliphatic carbocycles. The zero-order valence-electron chi connectivity index (χ0n) is 76.6. The van der Waals surface area contributed by atoms with Crippen LogP contribution in [-0.4, -0.2) is 178 Å². The Hall–Kier alpha value is -10.3. The van der Waals surface area contributed by atoms with Crippen molar-refractivity contribution in [3.63, 3.8) is 0 Å². The Morgan fingerprint density at radius 3 is 1.06 bits per heavy atom. The number of nitrogens with one attached hydrogen (secondary N) is 1. The van der Waals surface area contributed by atoms with Crippen LogP contribution in [0.25, 0.3) is 0 Å². The Kier molecular flexibility index (Phi) is 31.4. The number of sulfone groups is 4. The van der Waals surface area contributed by atoms with E-state index in [4.69, 9.17) is 84.3 Å². The summed E-state index contributed by atoms with van der Waals surface area (Å²) in [5.41, 5.74) is 2.48. The molecule has 10 aromatic rings. The molecule has 2 aromatic heterocycles. The molecule has 142 heavy (non-hydrogen) atoms. The van der Waals surface area contributed by atoms with E-state index in [-0.39, 0.29) is 173 Å². The van der Waals surface area contributed by atoms with Gasteiger partial charge in [0.15, 0.2) is 95.7 Å². The Balaban J connectivity index is 0.000000130. The van der Waals surface area contributed by atoms with Crippen LogP contribution in [0.1, 0.15) is 103 Å². The molecule has 1 N–H and O–H groups in total. The van der Waals surface area contributed by atoms with Crippen LogP contribution in [0.4, 0.5) is 35.1 Å². The van der Waals surface area contributed by atoms with Crippen LogP contribution in [-0.2, 0) is 106 Å². The molecular weight excluding hydrogens is 2010 g/mol. The van der Waals surface area contributed by atoms with Crippen molar-refractivity contribution < 1.29 is 107 Å². The molecule has 0 radical (unpaired) electrons. The van der Waals surface area contributed by atoms with Crippen LogP contribution in [0.3, 0.4) is 0 Å². The highest BCUT2D eigenvalue weighted by Crippen LogP contribution is 2.59. The summed E-state index contributed by atoms with van der Waals surface area (Å²) >= 11 is 24.3. The quantitative estimate of drug-likeness (QED) is 0.0520. The maximum Gasteiger partial charge on any atom is 0.197 e. The van der Waals surface area contributed by atoms with Crippen molar-refractivity contribution in [3.8, 4) is 23.0 Å². The van der Waals surface area contributed by atoms with Gasteiger partial charge in [-0.25, -0.2) is 78.8 Å². The molecular formula is C103H99Cl4F8N7O16S4. The summed E-state index contributed by atoms with van der Waals surface area (Å²) in [6, 6.07) is 40.7. The molecule has 20 rings (SSSR count). The third-order valence-corrected chi connectivity index (χ3v) is 36.1. The van der Waals surface area contributed by atoms with Crippen molar-refractivity contribution in [2.45, 2.75) is 140 Å². The first kappa shape index (κ1) is 103. The molecule has 750 valence electrons. The van der Waals surface area contributed by atoms with Crippen molar-refractivity contribution in [1.82, 2.24) is 25.5 Å². The maximum atomic E-state index is 15.4. The normalized spacial score (nSPS) is 24.6. The summed E-state index contributed by atoms with van der Waals surface area (Å²) in [5, 5.41) is 12.3. The molecule has 4 fully saturated rings. The van der Waals surface area contributed by atoms with Gasteiger partial charge >= 0.3 is 0 Å². The Labute approximate surface area is 837 Å². The number of rotatable bonds is 25. The summed E-state index contributed by atoms with van der Waals surface area (Å²) in [4.78, 5) is 16.3. The molecule has 1 unspecified atom stereocenters. The number of hydrogen-bond donors (Lipinski definition) is 1. The van der Waals surface area contributed by atoms with Crippen LogP contribution >= 0.6 is 46.4 Å². The minimum atomic E-state index is -3.70. The fraction of sp³-hybridized carbons (Fsp3) is 0.379. The Morgan fingerprint density at radius 2 is 0.746 bits per heavy atom. The lowest BCUT2D eigenvalue weighted by Crippen LogP contribution is -2.55. The lowest BCUT2D eigenvalue weighted by molar-refractivity contribution is -0.0965. The van der Waals surface area contributed by atoms with Gasteiger partial charge in [-0.05, 0) is 228 Å². The summed E-state index contributed by atoms with van der Waals surface area (Å²) in [6.07, 6.45) is 11.9. The highest BCUT2D eigenvalue weighted by atomic mass is 35.5. The van der Waals surface area contributed by atoms with E-state index < -0.39 is 144 Å². The number of dihydropyridines is 1. The van der Waals surface area contributed by atoms with E-state index in [1.807, 2.05) is 55.5 Å². The SMILES string of the molecule is C=C1C=CC(S(=O)(=O)CC[C@@H]2OCC[C@@]3(Cc4ccc(Cl)cc4)c4c(F)ccc(F)c4OC[C@@H]23)=CN1.CC1=NC(CS(=O)(=O)CCC2OCC[C@@]3(Cc4ccc(Cl)cc4)c4c(F)ccc(F)c4OC[C@@H]23)=NC1.O=S(=O)(CC[C@@H]1OCC[C@@]2(Cc3ccc(Cl)cc3)c3c(F)ccc(F)c3OC[C@@H]12)c1cccnn1.O=S(=O)(CC[C@@H]1OCC[C@@]2(Cc3ccc(Cl)cc3)c3c(F)ccc(F)c3OC[C@@H]12)c1cnccn1. The Bertz CT molecular complexity index is 6790. The van der Waals surface area contributed by atoms with Gasteiger partial charge in [-0.3, -0.25) is 9.98 Å². The Morgan fingerprint density at radius 1 is 0.408 bits per heavy atom. The second kappa shape index (κ2) is 43.2. The first-order valence-electron chi connectivity index (χ1n) is 46.2. The molecule has 0 bridgehead atoms. The molecule has 39 heteroatoms. The number of amidine groups is 1. The highest BCUT2D eigenvalue weighted by Gasteiger charge is 2.59. The lowest BCUT2D eigenvalue weighted by atomic mass is 9.60. The molecule has 0 spiro atoms. The number of fused-ring (bicyclic) bond motifs is 12. The fourth-order valence-electron chi connectivity index (χ4n) is 21.8. The number of aromatic nitrogens is 4. The second-order valence-corrected chi connectivity index (χ2v) is 47.2. The van der Waals surface area contributed by atoms with E-state index in [9.17, 15) is 51.2 Å². The number of halogens is 12. The fourth-order valence-corrected chi connectivity index (χ4v) is 27.3. The smallest absolute Gasteiger partial charge is 0.197 e. The summed E-state index contributed by atoms with van der Waals surface area (Å²) < 4.78 is 271. The van der Waals surface area contributed by atoms with Gasteiger partial charge in [-0.2, -0.15) is 5.10 Å². The number of hydrogen-bond acceptors (Lipinski definition) is 23. The predicted octanol–water partition coefficient (Wildman–Crippen LogP) is 18.9. The third kappa shape index (κ3) is 22.1. The van der Waals surface area contributed by atoms with E-state index in [1.54, 1.807) is 54.6 Å². The van der Waals surface area contributed by atoms with Crippen LogP contribution in [0.5, 0.6) is 23.0 Å².